The minimum atomic E-state index is 0.564. The van der Waals surface area contributed by atoms with E-state index in [2.05, 4.69) is 17.3 Å². The van der Waals surface area contributed by atoms with Crippen LogP contribution >= 0.6 is 0 Å². The van der Waals surface area contributed by atoms with E-state index in [1.54, 1.807) is 0 Å². The molecule has 2 aliphatic heterocycles. The number of rotatable bonds is 0. The van der Waals surface area contributed by atoms with Gasteiger partial charge in [-0.05, 0) is 26.4 Å². The first-order chi connectivity index (χ1) is 4.31. The summed E-state index contributed by atoms with van der Waals surface area (Å²) in [6, 6.07) is 0. The number of likely N-dealkylation sites (tertiary alicyclic amines) is 1. The molecule has 0 aromatic rings. The van der Waals surface area contributed by atoms with Gasteiger partial charge in [-0.2, -0.15) is 0 Å². The molecular formula is C7H14N2. The van der Waals surface area contributed by atoms with Gasteiger partial charge >= 0.3 is 0 Å². The standard InChI is InChI=1S/C7H14N2/c1-9-5-7(6-9)3-2-4-8-7/h8H,2-6H2,1H3. The molecule has 0 atom stereocenters. The molecule has 2 heteroatoms. The highest BCUT2D eigenvalue weighted by Crippen LogP contribution is 2.27. The van der Waals surface area contributed by atoms with Crippen LogP contribution in [-0.4, -0.2) is 37.1 Å². The molecule has 2 rings (SSSR count). The molecule has 0 aromatic heterocycles. The van der Waals surface area contributed by atoms with Gasteiger partial charge in [0.25, 0.3) is 0 Å². The van der Waals surface area contributed by atoms with Crippen molar-refractivity contribution in [3.8, 4) is 0 Å². The molecule has 2 saturated heterocycles. The van der Waals surface area contributed by atoms with Gasteiger partial charge in [0.05, 0.1) is 0 Å². The second-order valence-electron chi connectivity index (χ2n) is 3.48. The summed E-state index contributed by atoms with van der Waals surface area (Å²) in [4.78, 5) is 2.37. The lowest BCUT2D eigenvalue weighted by Gasteiger charge is -2.46. The van der Waals surface area contributed by atoms with Gasteiger partial charge in [-0.15, -0.1) is 0 Å². The fraction of sp³-hybridized carbons (Fsp3) is 1.00. The van der Waals surface area contributed by atoms with Crippen LogP contribution in [0.25, 0.3) is 0 Å². The Bertz CT molecular complexity index is 108. The van der Waals surface area contributed by atoms with E-state index in [1.807, 2.05) is 0 Å². The summed E-state index contributed by atoms with van der Waals surface area (Å²) >= 11 is 0. The molecule has 0 radical (unpaired) electrons. The summed E-state index contributed by atoms with van der Waals surface area (Å²) in [5.74, 6) is 0. The molecule has 2 nitrogen and oxygen atoms in total. The third kappa shape index (κ3) is 0.775. The van der Waals surface area contributed by atoms with Gasteiger partial charge in [-0.3, -0.25) is 0 Å². The third-order valence-corrected chi connectivity index (χ3v) is 2.48. The maximum absolute atomic E-state index is 3.56. The van der Waals surface area contributed by atoms with Crippen molar-refractivity contribution >= 4 is 0 Å². The zero-order chi connectivity index (χ0) is 6.32. The van der Waals surface area contributed by atoms with Gasteiger partial charge in [0.1, 0.15) is 0 Å². The van der Waals surface area contributed by atoms with Crippen LogP contribution < -0.4 is 5.32 Å². The first kappa shape index (κ1) is 5.69. The Labute approximate surface area is 56.2 Å². The van der Waals surface area contributed by atoms with Crippen LogP contribution in [0.4, 0.5) is 0 Å². The molecule has 0 aromatic carbocycles. The van der Waals surface area contributed by atoms with Crippen molar-refractivity contribution in [1.82, 2.24) is 10.2 Å². The first-order valence-corrected chi connectivity index (χ1v) is 3.74. The van der Waals surface area contributed by atoms with Crippen LogP contribution in [0.1, 0.15) is 12.8 Å². The van der Waals surface area contributed by atoms with Crippen molar-refractivity contribution in [3.63, 3.8) is 0 Å². The fourth-order valence-electron chi connectivity index (χ4n) is 2.13. The van der Waals surface area contributed by atoms with Crippen LogP contribution in [0.2, 0.25) is 0 Å². The largest absolute Gasteiger partial charge is 0.309 e. The van der Waals surface area contributed by atoms with Crippen molar-refractivity contribution in [2.45, 2.75) is 18.4 Å². The zero-order valence-electron chi connectivity index (χ0n) is 5.98. The predicted octanol–water partition coefficient (Wildman–Crippen LogP) is 0.0540. The molecule has 0 saturated carbocycles. The SMILES string of the molecule is CN1CC2(CCCN2)C1. The Morgan fingerprint density at radius 3 is 2.67 bits per heavy atom. The highest BCUT2D eigenvalue weighted by atomic mass is 15.3. The second kappa shape index (κ2) is 1.70. The van der Waals surface area contributed by atoms with Crippen LogP contribution in [0, 0.1) is 0 Å². The average molecular weight is 126 g/mol. The van der Waals surface area contributed by atoms with Gasteiger partial charge in [0, 0.05) is 18.6 Å². The number of hydrogen-bond acceptors (Lipinski definition) is 2. The smallest absolute Gasteiger partial charge is 0.0437 e. The van der Waals surface area contributed by atoms with Crippen molar-refractivity contribution in [3.05, 3.63) is 0 Å². The van der Waals surface area contributed by atoms with Gasteiger partial charge in [-0.1, -0.05) is 0 Å². The van der Waals surface area contributed by atoms with E-state index in [9.17, 15) is 0 Å². The number of hydrogen-bond donors (Lipinski definition) is 1. The van der Waals surface area contributed by atoms with E-state index < -0.39 is 0 Å². The minimum Gasteiger partial charge on any atom is -0.309 e. The Morgan fingerprint density at radius 2 is 2.22 bits per heavy atom. The molecule has 0 amide bonds. The highest BCUT2D eigenvalue weighted by Gasteiger charge is 2.42. The Balaban J connectivity index is 1.95. The highest BCUT2D eigenvalue weighted by molar-refractivity contribution is 5.04. The molecule has 9 heavy (non-hydrogen) atoms. The van der Waals surface area contributed by atoms with Crippen molar-refractivity contribution in [1.29, 1.82) is 0 Å². The Kier molecular flexibility index (Phi) is 1.08. The van der Waals surface area contributed by atoms with Gasteiger partial charge in [0.2, 0.25) is 0 Å². The molecule has 0 bridgehead atoms. The quantitative estimate of drug-likeness (QED) is 0.493. The summed E-state index contributed by atoms with van der Waals surface area (Å²) in [7, 11) is 2.19. The summed E-state index contributed by atoms with van der Waals surface area (Å²) in [6.07, 6.45) is 2.78. The van der Waals surface area contributed by atoms with Crippen molar-refractivity contribution < 1.29 is 0 Å². The second-order valence-corrected chi connectivity index (χ2v) is 3.48. The molecule has 1 N–H and O–H groups in total. The lowest BCUT2D eigenvalue weighted by atomic mass is 9.89. The molecule has 52 valence electrons. The summed E-state index contributed by atoms with van der Waals surface area (Å²) in [5.41, 5.74) is 0.564. The molecular weight excluding hydrogens is 112 g/mol. The molecule has 0 aliphatic carbocycles. The number of nitrogens with zero attached hydrogens (tertiary/aromatic N) is 1. The zero-order valence-corrected chi connectivity index (χ0v) is 5.98. The lowest BCUT2D eigenvalue weighted by molar-refractivity contribution is 0.0824. The van der Waals surface area contributed by atoms with Crippen LogP contribution in [0.5, 0.6) is 0 Å². The van der Waals surface area contributed by atoms with Crippen LogP contribution in [0.3, 0.4) is 0 Å². The van der Waals surface area contributed by atoms with E-state index in [4.69, 9.17) is 0 Å². The van der Waals surface area contributed by atoms with E-state index in [0.29, 0.717) is 5.54 Å². The number of nitrogens with one attached hydrogen (secondary N) is 1. The summed E-state index contributed by atoms with van der Waals surface area (Å²) in [6.45, 7) is 3.79. The van der Waals surface area contributed by atoms with E-state index in [-0.39, 0.29) is 0 Å². The van der Waals surface area contributed by atoms with Crippen LogP contribution in [-0.2, 0) is 0 Å². The van der Waals surface area contributed by atoms with E-state index in [1.165, 1.54) is 32.5 Å². The first-order valence-electron chi connectivity index (χ1n) is 3.74. The molecule has 0 unspecified atom stereocenters. The minimum absolute atomic E-state index is 0.564. The molecule has 2 aliphatic rings. The summed E-state index contributed by atoms with van der Waals surface area (Å²) < 4.78 is 0. The van der Waals surface area contributed by atoms with Gasteiger partial charge in [0.15, 0.2) is 0 Å². The number of likely N-dealkylation sites (N-methyl/N-ethyl adjacent to an activating group) is 1. The Hall–Kier alpha value is -0.0800. The Morgan fingerprint density at radius 1 is 1.44 bits per heavy atom. The maximum Gasteiger partial charge on any atom is 0.0437 e. The average Bonchev–Trinajstić information content (AvgIpc) is 2.12. The van der Waals surface area contributed by atoms with Gasteiger partial charge in [-0.25, -0.2) is 0 Å². The fourth-order valence-corrected chi connectivity index (χ4v) is 2.13. The monoisotopic (exact) mass is 126 g/mol. The normalized spacial score (nSPS) is 33.0. The van der Waals surface area contributed by atoms with Crippen molar-refractivity contribution in [2.24, 2.45) is 0 Å². The topological polar surface area (TPSA) is 15.3 Å². The third-order valence-electron chi connectivity index (χ3n) is 2.48. The predicted molar refractivity (Wildman–Crippen MR) is 37.5 cm³/mol. The van der Waals surface area contributed by atoms with Crippen LogP contribution in [0.15, 0.2) is 0 Å². The van der Waals surface area contributed by atoms with E-state index in [0.717, 1.165) is 0 Å². The lowest BCUT2D eigenvalue weighted by Crippen LogP contribution is -2.65. The van der Waals surface area contributed by atoms with Gasteiger partial charge < -0.3 is 10.2 Å². The molecule has 2 heterocycles. The summed E-state index contributed by atoms with van der Waals surface area (Å²) in [5, 5.41) is 3.56. The molecule has 1 spiro atoms. The van der Waals surface area contributed by atoms with Crippen molar-refractivity contribution in [2.75, 3.05) is 26.7 Å². The molecule has 2 fully saturated rings. The van der Waals surface area contributed by atoms with E-state index >= 15 is 0 Å². The maximum atomic E-state index is 3.56.